The Morgan fingerprint density at radius 2 is 1.76 bits per heavy atom. The second kappa shape index (κ2) is 10.2. The van der Waals surface area contributed by atoms with E-state index in [2.05, 4.69) is 10.3 Å². The van der Waals surface area contributed by atoms with Gasteiger partial charge in [0.15, 0.2) is 5.82 Å². The number of benzene rings is 1. The molecule has 2 heterocycles. The summed E-state index contributed by atoms with van der Waals surface area (Å²) in [5, 5.41) is 3.09. The number of aryl methyl sites for hydroxylation is 1. The highest BCUT2D eigenvalue weighted by molar-refractivity contribution is 14.1. The van der Waals surface area contributed by atoms with E-state index in [-0.39, 0.29) is 29.7 Å². The summed E-state index contributed by atoms with van der Waals surface area (Å²) in [5.41, 5.74) is 2.20. The number of furan rings is 1. The molecule has 3 aromatic rings. The fraction of sp³-hybridized carbons (Fsp3) is 0.364. The molecule has 1 aromatic carbocycles. The standard InChI is InChI=1S/C22H26IN3O6S2/c1-14-7-9-15(10-8-14)19-18(21(27)24-2)16-13-17(23)20(25-22(16)32-19)26(34(4,30)31)11-5-6-12-33(3,28)29/h7-10,13H,5-6,11-12H2,1-4H3,(H,24,27). The van der Waals surface area contributed by atoms with Crippen molar-refractivity contribution in [1.82, 2.24) is 10.3 Å². The van der Waals surface area contributed by atoms with Crippen LogP contribution in [0.15, 0.2) is 34.7 Å². The van der Waals surface area contributed by atoms with Crippen LogP contribution in [-0.4, -0.2) is 59.6 Å². The second-order valence-corrected chi connectivity index (χ2v) is 13.4. The number of anilines is 1. The lowest BCUT2D eigenvalue weighted by Crippen LogP contribution is -2.32. The number of hydrogen-bond acceptors (Lipinski definition) is 7. The van der Waals surface area contributed by atoms with Crippen LogP contribution in [0.5, 0.6) is 0 Å². The molecule has 0 spiro atoms. The number of fused-ring (bicyclic) bond motifs is 1. The zero-order valence-electron chi connectivity index (χ0n) is 19.3. The monoisotopic (exact) mass is 619 g/mol. The first-order chi connectivity index (χ1) is 15.8. The molecule has 0 aliphatic carbocycles. The molecule has 1 amide bonds. The van der Waals surface area contributed by atoms with Crippen LogP contribution in [0.1, 0.15) is 28.8 Å². The molecule has 9 nitrogen and oxygen atoms in total. The first kappa shape index (κ1) is 26.4. The Morgan fingerprint density at radius 3 is 2.32 bits per heavy atom. The van der Waals surface area contributed by atoms with Gasteiger partial charge in [-0.15, -0.1) is 0 Å². The van der Waals surface area contributed by atoms with E-state index in [1.54, 1.807) is 6.07 Å². The molecule has 0 bridgehead atoms. The van der Waals surface area contributed by atoms with Gasteiger partial charge in [0.2, 0.25) is 15.7 Å². The second-order valence-electron chi connectivity index (χ2n) is 8.07. The van der Waals surface area contributed by atoms with Gasteiger partial charge in [-0.1, -0.05) is 29.8 Å². The van der Waals surface area contributed by atoms with E-state index >= 15 is 0 Å². The van der Waals surface area contributed by atoms with E-state index in [1.165, 1.54) is 7.05 Å². The molecule has 0 saturated heterocycles. The van der Waals surface area contributed by atoms with Crippen LogP contribution >= 0.6 is 22.6 Å². The third kappa shape index (κ3) is 6.08. The highest BCUT2D eigenvalue weighted by Gasteiger charge is 2.27. The average Bonchev–Trinajstić information content (AvgIpc) is 3.10. The maximum absolute atomic E-state index is 12.7. The molecule has 3 rings (SSSR count). The Bertz CT molecular complexity index is 1430. The molecule has 0 radical (unpaired) electrons. The number of nitrogens with zero attached hydrogens (tertiary/aromatic N) is 2. The average molecular weight is 620 g/mol. The minimum atomic E-state index is -3.71. The summed E-state index contributed by atoms with van der Waals surface area (Å²) in [7, 11) is -5.33. The molecule has 0 aliphatic rings. The van der Waals surface area contributed by atoms with E-state index in [9.17, 15) is 21.6 Å². The number of hydrogen-bond donors (Lipinski definition) is 1. The maximum atomic E-state index is 12.7. The molecule has 34 heavy (non-hydrogen) atoms. The molecular weight excluding hydrogens is 593 g/mol. The largest absolute Gasteiger partial charge is 0.437 e. The fourth-order valence-electron chi connectivity index (χ4n) is 3.47. The molecule has 0 fully saturated rings. The van der Waals surface area contributed by atoms with Crippen LogP contribution in [-0.2, 0) is 19.9 Å². The van der Waals surface area contributed by atoms with E-state index in [4.69, 9.17) is 4.42 Å². The molecular formula is C22H26IN3O6S2. The molecule has 0 saturated carbocycles. The SMILES string of the molecule is CNC(=O)c1c(-c2ccc(C)cc2)oc2nc(N(CCCCS(C)(=O)=O)S(C)(=O)=O)c(I)cc12. The van der Waals surface area contributed by atoms with Crippen molar-refractivity contribution >= 4 is 65.3 Å². The minimum Gasteiger partial charge on any atom is -0.437 e. The van der Waals surface area contributed by atoms with Crippen molar-refractivity contribution in [1.29, 1.82) is 0 Å². The zero-order valence-corrected chi connectivity index (χ0v) is 23.0. The Hall–Kier alpha value is -2.19. The number of nitrogens with one attached hydrogen (secondary N) is 1. The number of sulfone groups is 1. The number of pyridine rings is 1. The number of sulfonamides is 1. The molecule has 184 valence electrons. The number of rotatable bonds is 9. The summed E-state index contributed by atoms with van der Waals surface area (Å²) < 4.78 is 55.6. The Labute approximate surface area is 213 Å². The van der Waals surface area contributed by atoms with Crippen LogP contribution in [0.2, 0.25) is 0 Å². The number of unbranched alkanes of at least 4 members (excludes halogenated alkanes) is 1. The number of carbonyl (C=O) groups excluding carboxylic acids is 1. The van der Waals surface area contributed by atoms with Gasteiger partial charge in [0.05, 0.1) is 20.8 Å². The van der Waals surface area contributed by atoms with E-state index < -0.39 is 19.9 Å². The van der Waals surface area contributed by atoms with E-state index in [0.29, 0.717) is 38.7 Å². The van der Waals surface area contributed by atoms with Gasteiger partial charge >= 0.3 is 0 Å². The minimum absolute atomic E-state index is 0.0261. The van der Waals surface area contributed by atoms with Crippen molar-refractivity contribution in [2.24, 2.45) is 0 Å². The normalized spacial score (nSPS) is 12.1. The molecule has 0 unspecified atom stereocenters. The number of amides is 1. The van der Waals surface area contributed by atoms with Crippen LogP contribution in [0.4, 0.5) is 5.82 Å². The molecule has 0 atom stereocenters. The van der Waals surface area contributed by atoms with Crippen LogP contribution < -0.4 is 9.62 Å². The first-order valence-corrected chi connectivity index (χ1v) is 15.4. The molecule has 0 aliphatic heterocycles. The Balaban J connectivity index is 2.10. The van der Waals surface area contributed by atoms with Gasteiger partial charge in [-0.25, -0.2) is 16.8 Å². The van der Waals surface area contributed by atoms with Crippen LogP contribution in [0.25, 0.3) is 22.4 Å². The third-order valence-corrected chi connectivity index (χ3v) is 8.13. The summed E-state index contributed by atoms with van der Waals surface area (Å²) in [5.74, 6) is 0.138. The van der Waals surface area contributed by atoms with Gasteiger partial charge < -0.3 is 9.73 Å². The Morgan fingerprint density at radius 1 is 1.12 bits per heavy atom. The predicted octanol–water partition coefficient (Wildman–Crippen LogP) is 3.36. The van der Waals surface area contributed by atoms with Gasteiger partial charge in [0.25, 0.3) is 5.91 Å². The summed E-state index contributed by atoms with van der Waals surface area (Å²) >= 11 is 1.98. The number of aromatic nitrogens is 1. The zero-order chi connectivity index (χ0) is 25.3. The van der Waals surface area contributed by atoms with Gasteiger partial charge in [-0.05, 0) is 48.4 Å². The highest BCUT2D eigenvalue weighted by atomic mass is 127. The van der Waals surface area contributed by atoms with Crippen LogP contribution in [0.3, 0.4) is 0 Å². The number of carbonyl (C=O) groups is 1. The van der Waals surface area contributed by atoms with Gasteiger partial charge in [0, 0.05) is 31.2 Å². The first-order valence-electron chi connectivity index (χ1n) is 10.4. The summed E-state index contributed by atoms with van der Waals surface area (Å²) in [4.78, 5) is 17.2. The van der Waals surface area contributed by atoms with Crippen molar-refractivity contribution in [3.05, 3.63) is 45.0 Å². The van der Waals surface area contributed by atoms with Crippen molar-refractivity contribution in [2.75, 3.05) is 36.2 Å². The lowest BCUT2D eigenvalue weighted by molar-refractivity contribution is 0.0964. The third-order valence-electron chi connectivity index (χ3n) is 5.15. The van der Waals surface area contributed by atoms with Crippen molar-refractivity contribution in [2.45, 2.75) is 19.8 Å². The van der Waals surface area contributed by atoms with Gasteiger partial charge in [0.1, 0.15) is 15.6 Å². The topological polar surface area (TPSA) is 127 Å². The number of halogens is 1. The summed E-state index contributed by atoms with van der Waals surface area (Å²) in [6.07, 6.45) is 2.88. The maximum Gasteiger partial charge on any atom is 0.255 e. The van der Waals surface area contributed by atoms with E-state index in [1.807, 2.05) is 53.8 Å². The Kier molecular flexibility index (Phi) is 7.92. The van der Waals surface area contributed by atoms with Crippen molar-refractivity contribution in [3.63, 3.8) is 0 Å². The molecule has 2 aromatic heterocycles. The van der Waals surface area contributed by atoms with E-state index in [0.717, 1.165) is 22.4 Å². The van der Waals surface area contributed by atoms with Gasteiger partial charge in [-0.3, -0.25) is 9.10 Å². The smallest absolute Gasteiger partial charge is 0.255 e. The summed E-state index contributed by atoms with van der Waals surface area (Å²) in [6.45, 7) is 2.02. The molecule has 12 heteroatoms. The fourth-order valence-corrected chi connectivity index (χ4v) is 6.00. The quantitative estimate of drug-likeness (QED) is 0.288. The van der Waals surface area contributed by atoms with Crippen LogP contribution in [0, 0.1) is 10.5 Å². The van der Waals surface area contributed by atoms with Crippen molar-refractivity contribution < 1.29 is 26.0 Å². The van der Waals surface area contributed by atoms with Gasteiger partial charge in [-0.2, -0.15) is 4.98 Å². The van der Waals surface area contributed by atoms with Crippen molar-refractivity contribution in [3.8, 4) is 11.3 Å². The lowest BCUT2D eigenvalue weighted by atomic mass is 10.0. The molecule has 1 N–H and O–H groups in total. The lowest BCUT2D eigenvalue weighted by Gasteiger charge is -2.22. The highest BCUT2D eigenvalue weighted by Crippen LogP contribution is 2.36. The predicted molar refractivity (Wildman–Crippen MR) is 141 cm³/mol. The summed E-state index contributed by atoms with van der Waals surface area (Å²) in [6, 6.07) is 9.17.